The Morgan fingerprint density at radius 1 is 0.818 bits per heavy atom. The molecule has 1 aliphatic rings. The molecule has 0 saturated heterocycles. The second-order valence-corrected chi connectivity index (χ2v) is 3.68. The van der Waals surface area contributed by atoms with E-state index < -0.39 is 0 Å². The highest BCUT2D eigenvalue weighted by Crippen LogP contribution is 2.16. The van der Waals surface area contributed by atoms with E-state index in [0.717, 1.165) is 6.04 Å². The Morgan fingerprint density at radius 3 is 1.73 bits per heavy atom. The largest absolute Gasteiger partial charge is 0.317 e. The molecule has 1 N–H and O–H groups in total. The van der Waals surface area contributed by atoms with Crippen LogP contribution in [0.25, 0.3) is 0 Å². The predicted molar refractivity (Wildman–Crippen MR) is 49.8 cm³/mol. The number of nitrogens with one attached hydrogen (secondary N) is 1. The number of hydrogen-bond donors (Lipinski definition) is 1. The minimum absolute atomic E-state index is 0.813. The Labute approximate surface area is 70.6 Å². The van der Waals surface area contributed by atoms with E-state index in [1.54, 1.807) is 0 Å². The van der Waals surface area contributed by atoms with Crippen LogP contribution in [0.15, 0.2) is 0 Å². The second kappa shape index (κ2) is 5.59. The maximum atomic E-state index is 3.40. The zero-order chi connectivity index (χ0) is 7.94. The van der Waals surface area contributed by atoms with Crippen molar-refractivity contribution in [3.05, 3.63) is 0 Å². The van der Waals surface area contributed by atoms with E-state index >= 15 is 0 Å². The first-order valence-corrected chi connectivity index (χ1v) is 5.11. The fourth-order valence-corrected chi connectivity index (χ4v) is 1.92. The predicted octanol–water partition coefficient (Wildman–Crippen LogP) is 2.71. The zero-order valence-corrected chi connectivity index (χ0v) is 7.73. The fourth-order valence-electron chi connectivity index (χ4n) is 1.92. The molecule has 0 aliphatic heterocycles. The normalized spacial score (nSPS) is 23.7. The van der Waals surface area contributed by atoms with Crippen molar-refractivity contribution in [2.45, 2.75) is 57.4 Å². The van der Waals surface area contributed by atoms with Crippen molar-refractivity contribution in [2.24, 2.45) is 0 Å². The van der Waals surface area contributed by atoms with Gasteiger partial charge in [0.05, 0.1) is 0 Å². The fraction of sp³-hybridized carbons (Fsp3) is 1.00. The summed E-state index contributed by atoms with van der Waals surface area (Å²) < 4.78 is 0. The van der Waals surface area contributed by atoms with Crippen molar-refractivity contribution in [3.63, 3.8) is 0 Å². The molecule has 1 nitrogen and oxygen atoms in total. The molecule has 1 aliphatic carbocycles. The monoisotopic (exact) mass is 155 g/mol. The summed E-state index contributed by atoms with van der Waals surface area (Å²) in [7, 11) is 2.10. The van der Waals surface area contributed by atoms with E-state index in [0.29, 0.717) is 0 Å². The van der Waals surface area contributed by atoms with Gasteiger partial charge >= 0.3 is 0 Å². The molecule has 1 fully saturated rings. The van der Waals surface area contributed by atoms with Crippen molar-refractivity contribution in [2.75, 3.05) is 7.05 Å². The highest BCUT2D eigenvalue weighted by molar-refractivity contribution is 4.66. The molecule has 1 rings (SSSR count). The molecule has 1 saturated carbocycles. The molecular weight excluding hydrogens is 134 g/mol. The van der Waals surface area contributed by atoms with Gasteiger partial charge in [0.25, 0.3) is 0 Å². The quantitative estimate of drug-likeness (QED) is 0.614. The Hall–Kier alpha value is -0.0400. The molecular formula is C10H21N. The van der Waals surface area contributed by atoms with Gasteiger partial charge in [-0.25, -0.2) is 0 Å². The highest BCUT2D eigenvalue weighted by Gasteiger charge is 2.06. The average Bonchev–Trinajstić information content (AvgIpc) is 2.16. The van der Waals surface area contributed by atoms with E-state index in [1.807, 2.05) is 0 Å². The van der Waals surface area contributed by atoms with Crippen LogP contribution >= 0.6 is 0 Å². The van der Waals surface area contributed by atoms with Crippen molar-refractivity contribution < 1.29 is 0 Å². The van der Waals surface area contributed by atoms with Crippen LogP contribution in [0, 0.1) is 0 Å². The smallest absolute Gasteiger partial charge is 0.00640 e. The summed E-state index contributed by atoms with van der Waals surface area (Å²) >= 11 is 0. The molecule has 0 aromatic carbocycles. The van der Waals surface area contributed by atoms with Crippen LogP contribution < -0.4 is 5.32 Å². The second-order valence-electron chi connectivity index (χ2n) is 3.68. The van der Waals surface area contributed by atoms with Crippen LogP contribution in [0.4, 0.5) is 0 Å². The van der Waals surface area contributed by atoms with Gasteiger partial charge in [-0.05, 0) is 19.9 Å². The first-order valence-electron chi connectivity index (χ1n) is 5.11. The van der Waals surface area contributed by atoms with Gasteiger partial charge in [-0.15, -0.1) is 0 Å². The van der Waals surface area contributed by atoms with Crippen LogP contribution in [0.1, 0.15) is 51.4 Å². The lowest BCUT2D eigenvalue weighted by Gasteiger charge is -2.13. The molecule has 0 spiro atoms. The standard InChI is InChI=1S/C10H21N/c1-11-10-8-6-4-2-3-5-7-9-10/h10-11H,2-9H2,1H3. The lowest BCUT2D eigenvalue weighted by molar-refractivity contribution is 0.465. The van der Waals surface area contributed by atoms with Crippen molar-refractivity contribution in [3.8, 4) is 0 Å². The van der Waals surface area contributed by atoms with Gasteiger partial charge in [0.2, 0.25) is 0 Å². The average molecular weight is 155 g/mol. The van der Waals surface area contributed by atoms with E-state index in [4.69, 9.17) is 0 Å². The van der Waals surface area contributed by atoms with Crippen LogP contribution in [0.2, 0.25) is 0 Å². The Morgan fingerprint density at radius 2 is 1.27 bits per heavy atom. The number of hydrogen-bond acceptors (Lipinski definition) is 1. The lowest BCUT2D eigenvalue weighted by Crippen LogP contribution is -2.24. The molecule has 1 heteroatoms. The van der Waals surface area contributed by atoms with Gasteiger partial charge in [0.1, 0.15) is 0 Å². The third-order valence-corrected chi connectivity index (χ3v) is 2.76. The molecule has 0 amide bonds. The third-order valence-electron chi connectivity index (χ3n) is 2.76. The van der Waals surface area contributed by atoms with Crippen molar-refractivity contribution in [1.29, 1.82) is 0 Å². The van der Waals surface area contributed by atoms with E-state index in [1.165, 1.54) is 51.4 Å². The Balaban J connectivity index is 2.19. The van der Waals surface area contributed by atoms with Crippen LogP contribution in [-0.4, -0.2) is 13.1 Å². The SMILES string of the molecule is CNC1CCCCCCCC1. The molecule has 0 radical (unpaired) electrons. The molecule has 66 valence electrons. The third kappa shape index (κ3) is 3.76. The van der Waals surface area contributed by atoms with Crippen molar-refractivity contribution >= 4 is 0 Å². The molecule has 11 heavy (non-hydrogen) atoms. The summed E-state index contributed by atoms with van der Waals surface area (Å²) in [5, 5.41) is 3.40. The first-order chi connectivity index (χ1) is 5.43. The molecule has 0 heterocycles. The minimum Gasteiger partial charge on any atom is -0.317 e. The zero-order valence-electron chi connectivity index (χ0n) is 7.73. The Bertz CT molecular complexity index is 80.9. The van der Waals surface area contributed by atoms with E-state index in [9.17, 15) is 0 Å². The summed E-state index contributed by atoms with van der Waals surface area (Å²) in [6.45, 7) is 0. The van der Waals surface area contributed by atoms with Crippen LogP contribution in [-0.2, 0) is 0 Å². The van der Waals surface area contributed by atoms with E-state index in [2.05, 4.69) is 12.4 Å². The van der Waals surface area contributed by atoms with Crippen LogP contribution in [0.3, 0.4) is 0 Å². The summed E-state index contributed by atoms with van der Waals surface area (Å²) in [5.41, 5.74) is 0. The van der Waals surface area contributed by atoms with Gasteiger partial charge in [-0.2, -0.15) is 0 Å². The first kappa shape index (κ1) is 9.05. The summed E-state index contributed by atoms with van der Waals surface area (Å²) in [4.78, 5) is 0. The topological polar surface area (TPSA) is 12.0 Å². The Kier molecular flexibility index (Phi) is 4.60. The molecule has 0 unspecified atom stereocenters. The van der Waals surface area contributed by atoms with Gasteiger partial charge in [0, 0.05) is 6.04 Å². The maximum Gasteiger partial charge on any atom is 0.00640 e. The van der Waals surface area contributed by atoms with Gasteiger partial charge in [-0.3, -0.25) is 0 Å². The molecule has 0 aromatic heterocycles. The van der Waals surface area contributed by atoms with E-state index in [-0.39, 0.29) is 0 Å². The highest BCUT2D eigenvalue weighted by atomic mass is 14.9. The summed E-state index contributed by atoms with van der Waals surface area (Å²) in [6.07, 6.45) is 11.5. The maximum absolute atomic E-state index is 3.40. The summed E-state index contributed by atoms with van der Waals surface area (Å²) in [6, 6.07) is 0.813. The molecule has 0 aromatic rings. The van der Waals surface area contributed by atoms with Gasteiger partial charge < -0.3 is 5.32 Å². The molecule has 0 atom stereocenters. The van der Waals surface area contributed by atoms with Gasteiger partial charge in [-0.1, -0.05) is 38.5 Å². The summed E-state index contributed by atoms with van der Waals surface area (Å²) in [5.74, 6) is 0. The van der Waals surface area contributed by atoms with Gasteiger partial charge in [0.15, 0.2) is 0 Å². The van der Waals surface area contributed by atoms with Crippen LogP contribution in [0.5, 0.6) is 0 Å². The lowest BCUT2D eigenvalue weighted by atomic mass is 10.1. The number of rotatable bonds is 1. The van der Waals surface area contributed by atoms with Crippen molar-refractivity contribution in [1.82, 2.24) is 5.32 Å². The molecule has 0 bridgehead atoms. The minimum atomic E-state index is 0.813.